The van der Waals surface area contributed by atoms with Crippen molar-refractivity contribution in [2.75, 3.05) is 5.73 Å². The fraction of sp³-hybridized carbons (Fsp3) is 0.0909. The van der Waals surface area contributed by atoms with Gasteiger partial charge in [0.1, 0.15) is 5.01 Å². The number of nitrogens with one attached hydrogen (secondary N) is 1. The van der Waals surface area contributed by atoms with E-state index >= 15 is 0 Å². The average Bonchev–Trinajstić information content (AvgIpc) is 2.76. The molecule has 0 spiro atoms. The molecule has 0 atom stereocenters. The largest absolute Gasteiger partial charge is 0.374 e. The Hall–Kier alpha value is -2.28. The summed E-state index contributed by atoms with van der Waals surface area (Å²) >= 11 is 1.19. The Bertz CT molecular complexity index is 552. The lowest BCUT2D eigenvalue weighted by molar-refractivity contribution is -0.120. The second-order valence-corrected chi connectivity index (χ2v) is 4.51. The molecule has 18 heavy (non-hydrogen) atoms. The molecule has 2 aromatic rings. The van der Waals surface area contributed by atoms with E-state index in [-0.39, 0.29) is 12.3 Å². The zero-order valence-electron chi connectivity index (χ0n) is 9.41. The summed E-state index contributed by atoms with van der Waals surface area (Å²) in [5.74, 6) is -0.252. The van der Waals surface area contributed by atoms with Crippen LogP contribution in [0, 0.1) is 0 Å². The molecular formula is C11H11N5OS. The summed E-state index contributed by atoms with van der Waals surface area (Å²) < 4.78 is 0. The third-order valence-electron chi connectivity index (χ3n) is 2.00. The van der Waals surface area contributed by atoms with E-state index < -0.39 is 0 Å². The monoisotopic (exact) mass is 261 g/mol. The van der Waals surface area contributed by atoms with Crippen molar-refractivity contribution in [3.05, 3.63) is 40.9 Å². The Kier molecular flexibility index (Phi) is 3.98. The zero-order chi connectivity index (χ0) is 12.8. The molecule has 0 aliphatic rings. The van der Waals surface area contributed by atoms with Gasteiger partial charge in [-0.3, -0.25) is 4.79 Å². The molecule has 1 heterocycles. The molecule has 0 unspecified atom stereocenters. The smallest absolute Gasteiger partial charge is 0.247 e. The number of amides is 1. The van der Waals surface area contributed by atoms with Gasteiger partial charge in [-0.2, -0.15) is 5.10 Å². The molecule has 0 fully saturated rings. The van der Waals surface area contributed by atoms with Crippen LogP contribution in [0.5, 0.6) is 0 Å². The molecule has 1 amide bonds. The van der Waals surface area contributed by atoms with Crippen LogP contribution in [0.2, 0.25) is 0 Å². The minimum atomic E-state index is -0.252. The van der Waals surface area contributed by atoms with E-state index in [1.807, 2.05) is 30.3 Å². The van der Waals surface area contributed by atoms with Gasteiger partial charge in [-0.25, -0.2) is 5.43 Å². The number of carbonyl (C=O) groups is 1. The maximum atomic E-state index is 11.5. The zero-order valence-corrected chi connectivity index (χ0v) is 10.2. The molecule has 92 valence electrons. The molecular weight excluding hydrogens is 250 g/mol. The van der Waals surface area contributed by atoms with Crippen molar-refractivity contribution in [3.63, 3.8) is 0 Å². The molecule has 0 aliphatic carbocycles. The van der Waals surface area contributed by atoms with Crippen molar-refractivity contribution in [1.82, 2.24) is 15.6 Å². The van der Waals surface area contributed by atoms with Gasteiger partial charge < -0.3 is 5.73 Å². The van der Waals surface area contributed by atoms with E-state index in [0.717, 1.165) is 5.56 Å². The quantitative estimate of drug-likeness (QED) is 0.629. The molecule has 6 nitrogen and oxygen atoms in total. The molecule has 0 saturated heterocycles. The lowest BCUT2D eigenvalue weighted by Gasteiger charge is -1.95. The number of hydrazone groups is 1. The molecule has 0 bridgehead atoms. The lowest BCUT2D eigenvalue weighted by atomic mass is 10.2. The highest BCUT2D eigenvalue weighted by molar-refractivity contribution is 7.15. The van der Waals surface area contributed by atoms with Crippen LogP contribution in [0.25, 0.3) is 0 Å². The fourth-order valence-corrected chi connectivity index (χ4v) is 1.84. The molecule has 2 rings (SSSR count). The van der Waals surface area contributed by atoms with Crippen LogP contribution < -0.4 is 11.2 Å². The summed E-state index contributed by atoms with van der Waals surface area (Å²) in [7, 11) is 0. The van der Waals surface area contributed by atoms with Crippen LogP contribution in [0.1, 0.15) is 10.6 Å². The van der Waals surface area contributed by atoms with Crippen molar-refractivity contribution in [1.29, 1.82) is 0 Å². The van der Waals surface area contributed by atoms with E-state index in [9.17, 15) is 4.79 Å². The third-order valence-corrected chi connectivity index (χ3v) is 2.75. The number of nitrogen functional groups attached to an aromatic ring is 1. The maximum Gasteiger partial charge on any atom is 0.247 e. The van der Waals surface area contributed by atoms with Crippen molar-refractivity contribution >= 4 is 28.6 Å². The number of rotatable bonds is 4. The normalized spacial score (nSPS) is 10.7. The Labute approximate surface area is 108 Å². The minimum absolute atomic E-state index is 0.126. The highest BCUT2D eigenvalue weighted by atomic mass is 32.1. The molecule has 0 aliphatic heterocycles. The summed E-state index contributed by atoms with van der Waals surface area (Å²) in [5.41, 5.74) is 8.75. The van der Waals surface area contributed by atoms with Crippen molar-refractivity contribution in [3.8, 4) is 0 Å². The van der Waals surface area contributed by atoms with Gasteiger partial charge in [0.15, 0.2) is 0 Å². The number of benzene rings is 1. The number of hydrogen-bond donors (Lipinski definition) is 2. The highest BCUT2D eigenvalue weighted by Gasteiger charge is 2.06. The van der Waals surface area contributed by atoms with Gasteiger partial charge >= 0.3 is 0 Å². The second kappa shape index (κ2) is 5.87. The van der Waals surface area contributed by atoms with E-state index in [4.69, 9.17) is 5.73 Å². The summed E-state index contributed by atoms with van der Waals surface area (Å²) in [5, 5.41) is 12.1. The van der Waals surface area contributed by atoms with E-state index in [2.05, 4.69) is 20.7 Å². The first kappa shape index (κ1) is 12.2. The minimum Gasteiger partial charge on any atom is -0.374 e. The Morgan fingerprint density at radius 3 is 2.83 bits per heavy atom. The first-order chi connectivity index (χ1) is 8.74. The number of nitrogens with two attached hydrogens (primary N) is 1. The van der Waals surface area contributed by atoms with Gasteiger partial charge in [0.25, 0.3) is 0 Å². The summed E-state index contributed by atoms with van der Waals surface area (Å²) in [6.45, 7) is 0. The van der Waals surface area contributed by atoms with Crippen LogP contribution in [0.15, 0.2) is 35.4 Å². The predicted octanol–water partition coefficient (Wildman–Crippen LogP) is 0.813. The number of hydrogen-bond acceptors (Lipinski definition) is 6. The Morgan fingerprint density at radius 2 is 2.17 bits per heavy atom. The highest BCUT2D eigenvalue weighted by Crippen LogP contribution is 2.10. The molecule has 7 heteroatoms. The molecule has 0 saturated carbocycles. The molecule has 1 aromatic carbocycles. The van der Waals surface area contributed by atoms with Gasteiger partial charge in [0.2, 0.25) is 11.0 Å². The Balaban J connectivity index is 1.83. The van der Waals surface area contributed by atoms with Crippen molar-refractivity contribution < 1.29 is 4.79 Å². The van der Waals surface area contributed by atoms with E-state index in [1.54, 1.807) is 6.21 Å². The SMILES string of the molecule is Nc1nnc(CC(=O)NN=Cc2ccccc2)s1. The molecule has 0 radical (unpaired) electrons. The van der Waals surface area contributed by atoms with Crippen LogP contribution in [-0.4, -0.2) is 22.3 Å². The van der Waals surface area contributed by atoms with Crippen LogP contribution in [0.3, 0.4) is 0 Å². The van der Waals surface area contributed by atoms with Gasteiger partial charge in [-0.15, -0.1) is 10.2 Å². The standard InChI is InChI=1S/C11H11N5OS/c12-11-16-15-10(18-11)6-9(17)14-13-7-8-4-2-1-3-5-8/h1-5,7H,6H2,(H2,12,16)(H,14,17). The molecule has 3 N–H and O–H groups in total. The van der Waals surface area contributed by atoms with Crippen LogP contribution in [-0.2, 0) is 11.2 Å². The van der Waals surface area contributed by atoms with Crippen molar-refractivity contribution in [2.45, 2.75) is 6.42 Å². The van der Waals surface area contributed by atoms with Gasteiger partial charge in [0, 0.05) is 0 Å². The predicted molar refractivity (Wildman–Crippen MR) is 70.2 cm³/mol. The lowest BCUT2D eigenvalue weighted by Crippen LogP contribution is -2.19. The first-order valence-electron chi connectivity index (χ1n) is 5.19. The Morgan fingerprint density at radius 1 is 1.39 bits per heavy atom. The number of nitrogens with zero attached hydrogens (tertiary/aromatic N) is 3. The van der Waals surface area contributed by atoms with Crippen molar-refractivity contribution in [2.24, 2.45) is 5.10 Å². The van der Waals surface area contributed by atoms with E-state index in [0.29, 0.717) is 10.1 Å². The second-order valence-electron chi connectivity index (χ2n) is 3.41. The third kappa shape index (κ3) is 3.63. The number of aromatic nitrogens is 2. The van der Waals surface area contributed by atoms with Gasteiger partial charge in [-0.05, 0) is 5.56 Å². The number of carbonyl (C=O) groups excluding carboxylic acids is 1. The topological polar surface area (TPSA) is 93.3 Å². The maximum absolute atomic E-state index is 11.5. The fourth-order valence-electron chi connectivity index (χ4n) is 1.23. The number of anilines is 1. The van der Waals surface area contributed by atoms with E-state index in [1.165, 1.54) is 11.3 Å². The van der Waals surface area contributed by atoms with Gasteiger partial charge in [-0.1, -0.05) is 41.7 Å². The summed E-state index contributed by atoms with van der Waals surface area (Å²) in [6.07, 6.45) is 1.70. The average molecular weight is 261 g/mol. The molecule has 1 aromatic heterocycles. The van der Waals surface area contributed by atoms with Gasteiger partial charge in [0.05, 0.1) is 12.6 Å². The summed E-state index contributed by atoms with van der Waals surface area (Å²) in [6, 6.07) is 9.48. The first-order valence-corrected chi connectivity index (χ1v) is 6.00. The van der Waals surface area contributed by atoms with Crippen LogP contribution in [0.4, 0.5) is 5.13 Å². The summed E-state index contributed by atoms with van der Waals surface area (Å²) in [4.78, 5) is 11.5. The van der Waals surface area contributed by atoms with Crippen LogP contribution >= 0.6 is 11.3 Å².